The van der Waals surface area contributed by atoms with Crippen molar-refractivity contribution in [1.82, 2.24) is 0 Å². The van der Waals surface area contributed by atoms with Crippen molar-refractivity contribution in [2.75, 3.05) is 17.2 Å². The standard InChI is InChI=1S/C33H32N2O4S/c1-2-3-22-39-33(38)26-14-16-28(17-15-26)35-32(37)31(25-12-8-5-9-13-25)40-29-20-18-27(19-21-29)34-30(36)23-24-10-6-4-7-11-24/h4-21,31H,2-3,22-23H2,1H3,(H,34,36)(H,35,37). The fourth-order valence-corrected chi connectivity index (χ4v) is 4.95. The van der Waals surface area contributed by atoms with Crippen molar-refractivity contribution in [1.29, 1.82) is 0 Å². The van der Waals surface area contributed by atoms with Crippen molar-refractivity contribution in [2.45, 2.75) is 36.3 Å². The second-order valence-electron chi connectivity index (χ2n) is 9.20. The molecule has 0 saturated carbocycles. The minimum Gasteiger partial charge on any atom is -0.462 e. The highest BCUT2D eigenvalue weighted by molar-refractivity contribution is 8.00. The Hall–Kier alpha value is -4.36. The summed E-state index contributed by atoms with van der Waals surface area (Å²) in [4.78, 5) is 38.9. The summed E-state index contributed by atoms with van der Waals surface area (Å²) in [6.07, 6.45) is 2.08. The summed E-state index contributed by atoms with van der Waals surface area (Å²) in [5, 5.41) is 5.38. The van der Waals surface area contributed by atoms with Gasteiger partial charge in [-0.2, -0.15) is 0 Å². The maximum atomic E-state index is 13.4. The Morgan fingerprint density at radius 3 is 2.00 bits per heavy atom. The zero-order valence-electron chi connectivity index (χ0n) is 22.3. The zero-order chi connectivity index (χ0) is 28.2. The normalized spacial score (nSPS) is 11.3. The van der Waals surface area contributed by atoms with Gasteiger partial charge in [-0.1, -0.05) is 74.0 Å². The molecule has 6 nitrogen and oxygen atoms in total. The van der Waals surface area contributed by atoms with E-state index in [1.54, 1.807) is 24.3 Å². The van der Waals surface area contributed by atoms with E-state index in [-0.39, 0.29) is 17.8 Å². The second kappa shape index (κ2) is 14.7. The van der Waals surface area contributed by atoms with Gasteiger partial charge in [0.1, 0.15) is 5.25 Å². The molecular weight excluding hydrogens is 520 g/mol. The molecule has 0 bridgehead atoms. The summed E-state index contributed by atoms with van der Waals surface area (Å²) in [6, 6.07) is 33.3. The summed E-state index contributed by atoms with van der Waals surface area (Å²) >= 11 is 1.42. The highest BCUT2D eigenvalue weighted by Gasteiger charge is 2.22. The molecule has 0 fully saturated rings. The third-order valence-electron chi connectivity index (χ3n) is 6.06. The molecule has 4 aromatic rings. The van der Waals surface area contributed by atoms with Gasteiger partial charge in [-0.3, -0.25) is 9.59 Å². The van der Waals surface area contributed by atoms with E-state index < -0.39 is 5.25 Å². The lowest BCUT2D eigenvalue weighted by atomic mass is 10.1. The Balaban J connectivity index is 1.40. The monoisotopic (exact) mass is 552 g/mol. The van der Waals surface area contributed by atoms with E-state index >= 15 is 0 Å². The van der Waals surface area contributed by atoms with Crippen molar-refractivity contribution in [3.63, 3.8) is 0 Å². The first kappa shape index (κ1) is 28.6. The number of unbranched alkanes of at least 4 members (excludes halogenated alkanes) is 1. The number of carbonyl (C=O) groups excluding carboxylic acids is 3. The lowest BCUT2D eigenvalue weighted by Gasteiger charge is -2.17. The zero-order valence-corrected chi connectivity index (χ0v) is 23.2. The van der Waals surface area contributed by atoms with Gasteiger partial charge in [-0.25, -0.2) is 4.79 Å². The summed E-state index contributed by atoms with van der Waals surface area (Å²) in [5.74, 6) is -0.646. The number of anilines is 2. The average Bonchev–Trinajstić information content (AvgIpc) is 2.98. The first-order valence-electron chi connectivity index (χ1n) is 13.3. The fraction of sp³-hybridized carbons (Fsp3) is 0.182. The number of amides is 2. The van der Waals surface area contributed by atoms with E-state index in [1.807, 2.05) is 91.9 Å². The Morgan fingerprint density at radius 2 is 1.35 bits per heavy atom. The van der Waals surface area contributed by atoms with Crippen LogP contribution in [0.3, 0.4) is 0 Å². The molecule has 4 rings (SSSR count). The lowest BCUT2D eigenvalue weighted by Crippen LogP contribution is -2.19. The smallest absolute Gasteiger partial charge is 0.338 e. The average molecular weight is 553 g/mol. The van der Waals surface area contributed by atoms with Crippen LogP contribution in [0.1, 0.15) is 46.5 Å². The molecule has 7 heteroatoms. The molecule has 0 aliphatic rings. The van der Waals surface area contributed by atoms with Crippen LogP contribution in [-0.2, 0) is 20.7 Å². The van der Waals surface area contributed by atoms with Gasteiger partial charge in [-0.05, 0) is 66.1 Å². The summed E-state index contributed by atoms with van der Waals surface area (Å²) in [5.41, 5.74) is 3.54. The van der Waals surface area contributed by atoms with Gasteiger partial charge >= 0.3 is 5.97 Å². The number of hydrogen-bond donors (Lipinski definition) is 2. The van der Waals surface area contributed by atoms with Crippen LogP contribution >= 0.6 is 11.8 Å². The van der Waals surface area contributed by atoms with Gasteiger partial charge in [0.15, 0.2) is 0 Å². The van der Waals surface area contributed by atoms with Crippen LogP contribution in [0.5, 0.6) is 0 Å². The molecule has 1 unspecified atom stereocenters. The third kappa shape index (κ3) is 8.58. The molecular formula is C33H32N2O4S. The highest BCUT2D eigenvalue weighted by atomic mass is 32.2. The van der Waals surface area contributed by atoms with Crippen LogP contribution in [0, 0.1) is 0 Å². The van der Waals surface area contributed by atoms with Crippen LogP contribution in [0.4, 0.5) is 11.4 Å². The van der Waals surface area contributed by atoms with E-state index in [0.717, 1.165) is 28.9 Å². The summed E-state index contributed by atoms with van der Waals surface area (Å²) < 4.78 is 5.26. The number of nitrogens with one attached hydrogen (secondary N) is 2. The topological polar surface area (TPSA) is 84.5 Å². The third-order valence-corrected chi connectivity index (χ3v) is 7.33. The first-order valence-corrected chi connectivity index (χ1v) is 14.1. The first-order chi connectivity index (χ1) is 19.5. The summed E-state index contributed by atoms with van der Waals surface area (Å²) in [6.45, 7) is 2.43. The van der Waals surface area contributed by atoms with E-state index in [2.05, 4.69) is 10.6 Å². The molecule has 0 aliphatic carbocycles. The van der Waals surface area contributed by atoms with E-state index in [4.69, 9.17) is 4.74 Å². The highest BCUT2D eigenvalue weighted by Crippen LogP contribution is 2.36. The number of esters is 1. The van der Waals surface area contributed by atoms with Gasteiger partial charge in [0, 0.05) is 16.3 Å². The van der Waals surface area contributed by atoms with Crippen LogP contribution in [-0.4, -0.2) is 24.4 Å². The van der Waals surface area contributed by atoms with Gasteiger partial charge in [0.25, 0.3) is 0 Å². The maximum Gasteiger partial charge on any atom is 0.338 e. The minimum atomic E-state index is -0.515. The van der Waals surface area contributed by atoms with Crippen molar-refractivity contribution in [3.05, 3.63) is 126 Å². The molecule has 204 valence electrons. The SMILES string of the molecule is CCCCOC(=O)c1ccc(NC(=O)C(Sc2ccc(NC(=O)Cc3ccccc3)cc2)c2ccccc2)cc1. The van der Waals surface area contributed by atoms with Crippen molar-refractivity contribution in [3.8, 4) is 0 Å². The minimum absolute atomic E-state index is 0.0895. The quantitative estimate of drug-likeness (QED) is 0.109. The van der Waals surface area contributed by atoms with E-state index in [0.29, 0.717) is 30.0 Å². The molecule has 2 amide bonds. The Kier molecular flexibility index (Phi) is 10.5. The van der Waals surface area contributed by atoms with Gasteiger partial charge in [0.2, 0.25) is 11.8 Å². The Bertz CT molecular complexity index is 1390. The molecule has 0 radical (unpaired) electrons. The number of hydrogen-bond acceptors (Lipinski definition) is 5. The molecule has 2 N–H and O–H groups in total. The Labute approximate surface area is 239 Å². The van der Waals surface area contributed by atoms with Gasteiger partial charge in [0.05, 0.1) is 18.6 Å². The molecule has 0 aliphatic heterocycles. The van der Waals surface area contributed by atoms with Crippen LogP contribution in [0.15, 0.2) is 114 Å². The number of rotatable bonds is 12. The molecule has 4 aromatic carbocycles. The predicted molar refractivity (Wildman–Crippen MR) is 161 cm³/mol. The lowest BCUT2D eigenvalue weighted by molar-refractivity contribution is -0.116. The fourth-order valence-electron chi connectivity index (χ4n) is 3.93. The van der Waals surface area contributed by atoms with E-state index in [9.17, 15) is 14.4 Å². The van der Waals surface area contributed by atoms with Crippen LogP contribution < -0.4 is 10.6 Å². The van der Waals surface area contributed by atoms with Crippen LogP contribution in [0.25, 0.3) is 0 Å². The largest absolute Gasteiger partial charge is 0.462 e. The number of carbonyl (C=O) groups is 3. The van der Waals surface area contributed by atoms with Gasteiger partial charge < -0.3 is 15.4 Å². The van der Waals surface area contributed by atoms with Crippen molar-refractivity contribution in [2.24, 2.45) is 0 Å². The number of ether oxygens (including phenoxy) is 1. The number of thioether (sulfide) groups is 1. The maximum absolute atomic E-state index is 13.4. The van der Waals surface area contributed by atoms with E-state index in [1.165, 1.54) is 11.8 Å². The van der Waals surface area contributed by atoms with Crippen molar-refractivity contribution < 1.29 is 19.1 Å². The molecule has 1 atom stereocenters. The number of benzene rings is 4. The molecule has 40 heavy (non-hydrogen) atoms. The molecule has 0 aromatic heterocycles. The summed E-state index contributed by atoms with van der Waals surface area (Å²) in [7, 11) is 0. The predicted octanol–water partition coefficient (Wildman–Crippen LogP) is 7.30. The van der Waals surface area contributed by atoms with Crippen LogP contribution in [0.2, 0.25) is 0 Å². The molecule has 0 heterocycles. The molecule has 0 saturated heterocycles. The van der Waals surface area contributed by atoms with Gasteiger partial charge in [-0.15, -0.1) is 11.8 Å². The van der Waals surface area contributed by atoms with Crippen molar-refractivity contribution >= 4 is 40.9 Å². The second-order valence-corrected chi connectivity index (χ2v) is 10.4. The molecule has 0 spiro atoms. The Morgan fingerprint density at radius 1 is 0.750 bits per heavy atom.